The van der Waals surface area contributed by atoms with Gasteiger partial charge < -0.3 is 29.4 Å². The number of piperidine rings is 1. The number of carbonyl (C=O) groups is 4. The number of fused-ring (bicyclic) bond motifs is 1. The van der Waals surface area contributed by atoms with E-state index in [2.05, 4.69) is 5.32 Å². The van der Waals surface area contributed by atoms with Crippen LogP contribution in [0, 0.1) is 11.3 Å². The van der Waals surface area contributed by atoms with Crippen LogP contribution in [0.15, 0.2) is 18.2 Å². The van der Waals surface area contributed by atoms with Gasteiger partial charge in [0.25, 0.3) is 0 Å². The fraction of sp³-hybridized carbons (Fsp3) is 0.565. The Morgan fingerprint density at radius 3 is 2.47 bits per heavy atom. The number of para-hydroxylation sites is 1. The lowest BCUT2D eigenvalue weighted by Gasteiger charge is -2.33. The molecule has 0 saturated carbocycles. The van der Waals surface area contributed by atoms with Crippen LogP contribution in [-0.2, 0) is 30.3 Å². The molecule has 184 valence electrons. The lowest BCUT2D eigenvalue weighted by molar-refractivity contribution is -0.161. The quantitative estimate of drug-likeness (QED) is 0.368. The van der Waals surface area contributed by atoms with Crippen LogP contribution in [0.5, 0.6) is 5.75 Å². The summed E-state index contributed by atoms with van der Waals surface area (Å²) in [5.41, 5.74) is -0.0111. The van der Waals surface area contributed by atoms with Crippen molar-refractivity contribution in [2.24, 2.45) is 11.3 Å². The summed E-state index contributed by atoms with van der Waals surface area (Å²) < 4.78 is 15.6. The molecule has 2 N–H and O–H groups in total. The van der Waals surface area contributed by atoms with Gasteiger partial charge >= 0.3 is 19.1 Å². The molecular formula is C23H31BN2O8. The summed E-state index contributed by atoms with van der Waals surface area (Å²) in [6, 6.07) is 4.87. The van der Waals surface area contributed by atoms with Gasteiger partial charge in [0.15, 0.2) is 0 Å². The molecule has 2 aliphatic rings. The van der Waals surface area contributed by atoms with Crippen LogP contribution in [-0.4, -0.2) is 66.6 Å². The third-order valence-electron chi connectivity index (χ3n) is 5.97. The third-order valence-corrected chi connectivity index (χ3v) is 5.97. The molecular weight excluding hydrogens is 443 g/mol. The molecule has 1 saturated heterocycles. The van der Waals surface area contributed by atoms with Crippen molar-refractivity contribution in [1.82, 2.24) is 10.2 Å². The molecule has 1 atom stereocenters. The molecule has 1 aromatic carbocycles. The number of ether oxygens (including phenoxy) is 2. The minimum absolute atomic E-state index is 0.00624. The first-order valence-electron chi connectivity index (χ1n) is 11.3. The molecule has 2 heterocycles. The number of amides is 2. The molecule has 1 aromatic rings. The Hall–Kier alpha value is -3.08. The van der Waals surface area contributed by atoms with E-state index in [9.17, 15) is 24.2 Å². The average molecular weight is 474 g/mol. The summed E-state index contributed by atoms with van der Waals surface area (Å²) in [5, 5.41) is 13.4. The Bertz CT molecular complexity index is 953. The summed E-state index contributed by atoms with van der Waals surface area (Å²) in [7, 11) is -1.36. The van der Waals surface area contributed by atoms with Crippen LogP contribution in [0.3, 0.4) is 0 Å². The summed E-state index contributed by atoms with van der Waals surface area (Å²) in [6.45, 7) is 7.07. The number of rotatable bonds is 5. The molecule has 0 spiro atoms. The number of nitrogens with zero attached hydrogens (tertiary/aromatic N) is 1. The predicted octanol–water partition coefficient (Wildman–Crippen LogP) is 1.09. The number of esters is 2. The van der Waals surface area contributed by atoms with Crippen molar-refractivity contribution in [3.63, 3.8) is 0 Å². The van der Waals surface area contributed by atoms with E-state index in [4.69, 9.17) is 14.1 Å². The van der Waals surface area contributed by atoms with Gasteiger partial charge in [0.1, 0.15) is 11.3 Å². The maximum Gasteiger partial charge on any atom is 0.547 e. The number of hydrogen-bond acceptors (Lipinski definition) is 8. The summed E-state index contributed by atoms with van der Waals surface area (Å²) in [5.74, 6) is -2.24. The second-order valence-electron chi connectivity index (χ2n) is 9.63. The lowest BCUT2D eigenvalue weighted by Crippen LogP contribution is -2.55. The van der Waals surface area contributed by atoms with Crippen molar-refractivity contribution >= 4 is 30.9 Å². The van der Waals surface area contributed by atoms with Crippen LogP contribution in [0.4, 0.5) is 0 Å². The van der Waals surface area contributed by atoms with Gasteiger partial charge in [0.05, 0.1) is 11.4 Å². The highest BCUT2D eigenvalue weighted by molar-refractivity contribution is 6.47. The third kappa shape index (κ3) is 6.08. The zero-order valence-corrected chi connectivity index (χ0v) is 20.0. The number of hydrogen-bond donors (Lipinski definition) is 2. The van der Waals surface area contributed by atoms with Crippen molar-refractivity contribution in [2.45, 2.75) is 52.9 Å². The van der Waals surface area contributed by atoms with E-state index >= 15 is 0 Å². The predicted molar refractivity (Wildman–Crippen MR) is 121 cm³/mol. The maximum atomic E-state index is 12.7. The van der Waals surface area contributed by atoms with E-state index in [1.54, 1.807) is 37.8 Å². The van der Waals surface area contributed by atoms with E-state index in [1.807, 2.05) is 0 Å². The SMILES string of the molecule is CC(=O)N1CCC(C(=O)N[C@H]2Cc3cccc(C(=O)OCOC(=O)C(C)(C)C)c3OB2O)CC1. The minimum Gasteiger partial charge on any atom is -0.534 e. The molecule has 0 aliphatic carbocycles. The molecule has 3 rings (SSSR count). The van der Waals surface area contributed by atoms with Gasteiger partial charge in [-0.1, -0.05) is 12.1 Å². The monoisotopic (exact) mass is 474 g/mol. The molecule has 34 heavy (non-hydrogen) atoms. The van der Waals surface area contributed by atoms with E-state index in [0.29, 0.717) is 31.5 Å². The molecule has 0 bridgehead atoms. The fourth-order valence-corrected chi connectivity index (χ4v) is 3.90. The normalized spacial score (nSPS) is 18.4. The van der Waals surface area contributed by atoms with Gasteiger partial charge in [-0.15, -0.1) is 0 Å². The van der Waals surface area contributed by atoms with Gasteiger partial charge in [-0.25, -0.2) is 4.79 Å². The number of likely N-dealkylation sites (tertiary alicyclic amines) is 1. The zero-order valence-electron chi connectivity index (χ0n) is 20.0. The summed E-state index contributed by atoms with van der Waals surface area (Å²) in [6.07, 6.45) is 1.37. The standard InChI is InChI=1S/C23H31BN2O8/c1-14(27)26-10-8-15(9-11-26)20(28)25-18-12-16-6-5-7-17(19(16)34-24(18)31)21(29)32-13-33-22(30)23(2,3)4/h5-7,15,18,31H,8-13H2,1-4H3,(H,25,28)/t18-/m0/s1. The average Bonchev–Trinajstić information content (AvgIpc) is 2.78. The number of benzene rings is 1. The Morgan fingerprint density at radius 2 is 1.85 bits per heavy atom. The van der Waals surface area contributed by atoms with Crippen LogP contribution in [0.2, 0.25) is 0 Å². The van der Waals surface area contributed by atoms with Crippen molar-refractivity contribution < 1.29 is 38.3 Å². The first kappa shape index (κ1) is 25.5. The molecule has 0 unspecified atom stereocenters. The van der Waals surface area contributed by atoms with Crippen LogP contribution in [0.1, 0.15) is 56.5 Å². The number of nitrogens with one attached hydrogen (secondary N) is 1. The van der Waals surface area contributed by atoms with Crippen LogP contribution >= 0.6 is 0 Å². The highest BCUT2D eigenvalue weighted by Crippen LogP contribution is 2.31. The first-order chi connectivity index (χ1) is 16.0. The second kappa shape index (κ2) is 10.5. The Labute approximate surface area is 199 Å². The van der Waals surface area contributed by atoms with Crippen molar-refractivity contribution in [3.8, 4) is 5.75 Å². The summed E-state index contributed by atoms with van der Waals surface area (Å²) >= 11 is 0. The van der Waals surface area contributed by atoms with Gasteiger partial charge in [-0.3, -0.25) is 14.4 Å². The van der Waals surface area contributed by atoms with E-state index in [-0.39, 0.29) is 35.5 Å². The Balaban J connectivity index is 1.59. The van der Waals surface area contributed by atoms with E-state index in [0.717, 1.165) is 0 Å². The first-order valence-corrected chi connectivity index (χ1v) is 11.3. The molecule has 0 aromatic heterocycles. The maximum absolute atomic E-state index is 12.7. The fourth-order valence-electron chi connectivity index (χ4n) is 3.90. The van der Waals surface area contributed by atoms with Crippen molar-refractivity contribution in [1.29, 1.82) is 0 Å². The van der Waals surface area contributed by atoms with E-state index in [1.165, 1.54) is 13.0 Å². The topological polar surface area (TPSA) is 131 Å². The molecule has 0 radical (unpaired) electrons. The smallest absolute Gasteiger partial charge is 0.534 e. The molecule has 2 amide bonds. The Kier molecular flexibility index (Phi) is 7.86. The molecule has 1 fully saturated rings. The van der Waals surface area contributed by atoms with Crippen LogP contribution in [0.25, 0.3) is 0 Å². The van der Waals surface area contributed by atoms with Gasteiger partial charge in [-0.2, -0.15) is 0 Å². The van der Waals surface area contributed by atoms with E-state index < -0.39 is 37.2 Å². The number of carbonyl (C=O) groups excluding carboxylic acids is 4. The zero-order chi connectivity index (χ0) is 25.0. The highest BCUT2D eigenvalue weighted by Gasteiger charge is 2.39. The molecule has 2 aliphatic heterocycles. The van der Waals surface area contributed by atoms with Gasteiger partial charge in [0, 0.05) is 25.9 Å². The lowest BCUT2D eigenvalue weighted by atomic mass is 9.72. The molecule has 10 nitrogen and oxygen atoms in total. The summed E-state index contributed by atoms with van der Waals surface area (Å²) in [4.78, 5) is 50.3. The second-order valence-corrected chi connectivity index (χ2v) is 9.63. The Morgan fingerprint density at radius 1 is 1.18 bits per heavy atom. The van der Waals surface area contributed by atoms with Crippen molar-refractivity contribution in [3.05, 3.63) is 29.3 Å². The van der Waals surface area contributed by atoms with Crippen molar-refractivity contribution in [2.75, 3.05) is 19.9 Å². The van der Waals surface area contributed by atoms with Gasteiger partial charge in [-0.05, 0) is 51.7 Å². The minimum atomic E-state index is -1.36. The largest absolute Gasteiger partial charge is 0.547 e. The van der Waals surface area contributed by atoms with Gasteiger partial charge in [0.2, 0.25) is 18.6 Å². The highest BCUT2D eigenvalue weighted by atomic mass is 16.7. The van der Waals surface area contributed by atoms with Crippen LogP contribution < -0.4 is 9.97 Å². The molecule has 11 heteroatoms.